The minimum Gasteiger partial charge on any atom is -0.388 e. The summed E-state index contributed by atoms with van der Waals surface area (Å²) >= 11 is 0. The van der Waals surface area contributed by atoms with Crippen LogP contribution in [0.3, 0.4) is 0 Å². The van der Waals surface area contributed by atoms with E-state index in [2.05, 4.69) is 42.5 Å². The van der Waals surface area contributed by atoms with Gasteiger partial charge in [0.2, 0.25) is 0 Å². The molecule has 21 heavy (non-hydrogen) atoms. The van der Waals surface area contributed by atoms with Gasteiger partial charge in [0.25, 0.3) is 0 Å². The zero-order valence-corrected chi connectivity index (χ0v) is 14.1. The van der Waals surface area contributed by atoms with E-state index in [1.54, 1.807) is 0 Å². The molecular weight excluding hydrogens is 262 g/mol. The highest BCUT2D eigenvalue weighted by Gasteiger charge is 2.30. The molecule has 1 fully saturated rings. The molecule has 0 unspecified atom stereocenters. The Morgan fingerprint density at radius 1 is 1.14 bits per heavy atom. The number of unbranched alkanes of at least 4 members (excludes halogenated alkanes) is 1. The standard InChI is InChI=1S/C17H31N3O/c1-5-6-7-13-8-10-14(11-9-13)16-19-18-15(12-21)20(16)17(2,3)4/h13-14,21H,5-12H2,1-4H3. The molecule has 1 aliphatic carbocycles. The van der Waals surface area contributed by atoms with E-state index in [0.29, 0.717) is 11.7 Å². The Labute approximate surface area is 129 Å². The number of aromatic nitrogens is 3. The lowest BCUT2D eigenvalue weighted by Crippen LogP contribution is -2.28. The highest BCUT2D eigenvalue weighted by molar-refractivity contribution is 5.07. The van der Waals surface area contributed by atoms with Gasteiger partial charge in [-0.1, -0.05) is 26.2 Å². The summed E-state index contributed by atoms with van der Waals surface area (Å²) < 4.78 is 2.16. The number of hydrogen-bond acceptors (Lipinski definition) is 3. The fourth-order valence-electron chi connectivity index (χ4n) is 3.63. The molecule has 1 aromatic rings. The fourth-order valence-corrected chi connectivity index (χ4v) is 3.63. The summed E-state index contributed by atoms with van der Waals surface area (Å²) in [5.41, 5.74) is -0.0735. The number of rotatable bonds is 5. The minimum absolute atomic E-state index is 0.0316. The van der Waals surface area contributed by atoms with Gasteiger partial charge in [0, 0.05) is 11.5 Å². The first-order valence-electron chi connectivity index (χ1n) is 8.52. The summed E-state index contributed by atoms with van der Waals surface area (Å²) in [6.45, 7) is 8.72. The van der Waals surface area contributed by atoms with Crippen LogP contribution in [-0.4, -0.2) is 19.9 Å². The Kier molecular flexibility index (Phi) is 5.42. The fraction of sp³-hybridized carbons (Fsp3) is 0.882. The van der Waals surface area contributed by atoms with Gasteiger partial charge in [0.1, 0.15) is 12.4 Å². The molecule has 2 rings (SSSR count). The summed E-state index contributed by atoms with van der Waals surface area (Å²) in [5.74, 6) is 3.20. The Morgan fingerprint density at radius 3 is 2.33 bits per heavy atom. The predicted molar refractivity (Wildman–Crippen MR) is 85.2 cm³/mol. The molecule has 0 spiro atoms. The first kappa shape index (κ1) is 16.5. The average molecular weight is 293 g/mol. The third-order valence-electron chi connectivity index (χ3n) is 4.75. The van der Waals surface area contributed by atoms with Gasteiger partial charge in [-0.05, 0) is 52.4 Å². The van der Waals surface area contributed by atoms with Gasteiger partial charge in [0.15, 0.2) is 5.82 Å². The van der Waals surface area contributed by atoms with E-state index in [4.69, 9.17) is 0 Å². The van der Waals surface area contributed by atoms with Gasteiger partial charge in [-0.2, -0.15) is 0 Å². The molecule has 120 valence electrons. The van der Waals surface area contributed by atoms with E-state index < -0.39 is 0 Å². The zero-order chi connectivity index (χ0) is 15.5. The summed E-state index contributed by atoms with van der Waals surface area (Å²) in [7, 11) is 0. The van der Waals surface area contributed by atoms with Crippen LogP contribution in [-0.2, 0) is 12.1 Å². The maximum atomic E-state index is 9.51. The molecule has 0 saturated heterocycles. The average Bonchev–Trinajstić information content (AvgIpc) is 2.89. The molecule has 1 N–H and O–H groups in total. The van der Waals surface area contributed by atoms with Crippen molar-refractivity contribution in [1.29, 1.82) is 0 Å². The molecular formula is C17H31N3O. The van der Waals surface area contributed by atoms with Crippen LogP contribution in [0.1, 0.15) is 90.2 Å². The topological polar surface area (TPSA) is 50.9 Å². The van der Waals surface area contributed by atoms with E-state index in [1.165, 1.54) is 44.9 Å². The smallest absolute Gasteiger partial charge is 0.159 e. The summed E-state index contributed by atoms with van der Waals surface area (Å²) in [6, 6.07) is 0. The Hall–Kier alpha value is -0.900. The largest absolute Gasteiger partial charge is 0.388 e. The molecule has 0 atom stereocenters. The monoisotopic (exact) mass is 293 g/mol. The number of aliphatic hydroxyl groups is 1. The van der Waals surface area contributed by atoms with E-state index in [1.807, 2.05) is 0 Å². The van der Waals surface area contributed by atoms with Gasteiger partial charge < -0.3 is 9.67 Å². The SMILES string of the molecule is CCCCC1CCC(c2nnc(CO)n2C(C)(C)C)CC1. The predicted octanol–water partition coefficient (Wildman–Crippen LogP) is 3.99. The van der Waals surface area contributed by atoms with Crippen molar-refractivity contribution in [3.63, 3.8) is 0 Å². The second-order valence-electron chi connectivity index (χ2n) is 7.50. The third-order valence-corrected chi connectivity index (χ3v) is 4.75. The second-order valence-corrected chi connectivity index (χ2v) is 7.50. The lowest BCUT2D eigenvalue weighted by atomic mass is 9.79. The molecule has 4 nitrogen and oxygen atoms in total. The maximum Gasteiger partial charge on any atom is 0.159 e. The first-order valence-corrected chi connectivity index (χ1v) is 8.52. The van der Waals surface area contributed by atoms with Gasteiger partial charge in [-0.25, -0.2) is 0 Å². The quantitative estimate of drug-likeness (QED) is 0.893. The molecule has 4 heteroatoms. The van der Waals surface area contributed by atoms with Crippen LogP contribution in [0.4, 0.5) is 0 Å². The molecule has 1 heterocycles. The maximum absolute atomic E-state index is 9.51. The Bertz CT molecular complexity index is 439. The van der Waals surface area contributed by atoms with Crippen LogP contribution in [0.25, 0.3) is 0 Å². The van der Waals surface area contributed by atoms with E-state index >= 15 is 0 Å². The van der Waals surface area contributed by atoms with Crippen LogP contribution in [0, 0.1) is 5.92 Å². The Balaban J connectivity index is 2.08. The number of hydrogen-bond donors (Lipinski definition) is 1. The molecule has 0 radical (unpaired) electrons. The van der Waals surface area contributed by atoms with Crippen molar-refractivity contribution in [2.75, 3.05) is 0 Å². The van der Waals surface area contributed by atoms with Crippen molar-refractivity contribution in [2.45, 2.75) is 90.7 Å². The molecule has 0 bridgehead atoms. The van der Waals surface area contributed by atoms with Gasteiger partial charge in [-0.3, -0.25) is 0 Å². The van der Waals surface area contributed by atoms with Gasteiger partial charge in [0.05, 0.1) is 0 Å². The van der Waals surface area contributed by atoms with Crippen molar-refractivity contribution < 1.29 is 5.11 Å². The van der Waals surface area contributed by atoms with Crippen LogP contribution >= 0.6 is 0 Å². The van der Waals surface area contributed by atoms with Crippen LogP contribution < -0.4 is 0 Å². The molecule has 1 aliphatic rings. The number of aliphatic hydroxyl groups excluding tert-OH is 1. The third kappa shape index (κ3) is 3.85. The lowest BCUT2D eigenvalue weighted by Gasteiger charge is -2.31. The van der Waals surface area contributed by atoms with Crippen LogP contribution in [0.2, 0.25) is 0 Å². The van der Waals surface area contributed by atoms with E-state index in [0.717, 1.165) is 11.7 Å². The highest BCUT2D eigenvalue weighted by atomic mass is 16.3. The molecule has 0 amide bonds. The van der Waals surface area contributed by atoms with Crippen molar-refractivity contribution in [3.05, 3.63) is 11.6 Å². The normalized spacial score (nSPS) is 23.5. The van der Waals surface area contributed by atoms with Gasteiger partial charge in [-0.15, -0.1) is 10.2 Å². The van der Waals surface area contributed by atoms with Crippen molar-refractivity contribution >= 4 is 0 Å². The molecule has 1 aromatic heterocycles. The van der Waals surface area contributed by atoms with Crippen LogP contribution in [0.15, 0.2) is 0 Å². The molecule has 1 saturated carbocycles. The van der Waals surface area contributed by atoms with Crippen molar-refractivity contribution in [1.82, 2.24) is 14.8 Å². The van der Waals surface area contributed by atoms with Gasteiger partial charge >= 0.3 is 0 Å². The lowest BCUT2D eigenvalue weighted by molar-refractivity contribution is 0.241. The van der Waals surface area contributed by atoms with Crippen LogP contribution in [0.5, 0.6) is 0 Å². The van der Waals surface area contributed by atoms with E-state index in [-0.39, 0.29) is 12.1 Å². The summed E-state index contributed by atoms with van der Waals surface area (Å²) in [6.07, 6.45) is 9.12. The zero-order valence-electron chi connectivity index (χ0n) is 14.1. The first-order chi connectivity index (χ1) is 9.97. The molecule has 0 aromatic carbocycles. The van der Waals surface area contributed by atoms with Crippen molar-refractivity contribution in [3.8, 4) is 0 Å². The van der Waals surface area contributed by atoms with Crippen molar-refractivity contribution in [2.24, 2.45) is 5.92 Å². The number of nitrogens with zero attached hydrogens (tertiary/aromatic N) is 3. The summed E-state index contributed by atoms with van der Waals surface area (Å²) in [5, 5.41) is 18.1. The second kappa shape index (κ2) is 6.91. The summed E-state index contributed by atoms with van der Waals surface area (Å²) in [4.78, 5) is 0. The van der Waals surface area contributed by atoms with E-state index in [9.17, 15) is 5.11 Å². The Morgan fingerprint density at radius 2 is 1.81 bits per heavy atom. The minimum atomic E-state index is -0.0735. The highest BCUT2D eigenvalue weighted by Crippen LogP contribution is 2.38. The molecule has 0 aliphatic heterocycles.